The Morgan fingerprint density at radius 2 is 2.04 bits per heavy atom. The fraction of sp³-hybridized carbons (Fsp3) is 0.600. The second kappa shape index (κ2) is 8.64. The number of carbonyl (C=O) groups excluding carboxylic acids is 2. The maximum absolute atomic E-state index is 13.0. The van der Waals surface area contributed by atoms with Crippen molar-refractivity contribution in [3.8, 4) is 0 Å². The number of hydrogen-bond donors (Lipinski definition) is 2. The second-order valence-corrected chi connectivity index (χ2v) is 7.37. The lowest BCUT2D eigenvalue weighted by atomic mass is 9.95. The van der Waals surface area contributed by atoms with Gasteiger partial charge in [0.1, 0.15) is 0 Å². The number of rotatable bonds is 5. The highest BCUT2D eigenvalue weighted by Crippen LogP contribution is 2.23. The Labute approximate surface area is 155 Å². The average Bonchev–Trinajstić information content (AvgIpc) is 2.70. The number of carbonyl (C=O) groups is 2. The van der Waals surface area contributed by atoms with Crippen molar-refractivity contribution in [3.05, 3.63) is 35.4 Å². The molecular formula is C20H30N4O2. The van der Waals surface area contributed by atoms with E-state index in [4.69, 9.17) is 5.73 Å². The molecule has 26 heavy (non-hydrogen) atoms. The van der Waals surface area contributed by atoms with Crippen LogP contribution in [0.1, 0.15) is 30.9 Å². The van der Waals surface area contributed by atoms with Gasteiger partial charge in [0.05, 0.1) is 12.0 Å². The summed E-state index contributed by atoms with van der Waals surface area (Å²) in [4.78, 5) is 29.4. The monoisotopic (exact) mass is 358 g/mol. The third kappa shape index (κ3) is 4.24. The first-order chi connectivity index (χ1) is 12.6. The lowest BCUT2D eigenvalue weighted by Crippen LogP contribution is -2.53. The molecule has 142 valence electrons. The van der Waals surface area contributed by atoms with E-state index >= 15 is 0 Å². The van der Waals surface area contributed by atoms with Gasteiger partial charge in [0.2, 0.25) is 11.8 Å². The Morgan fingerprint density at radius 3 is 2.81 bits per heavy atom. The van der Waals surface area contributed by atoms with Crippen molar-refractivity contribution in [2.24, 2.45) is 11.7 Å². The quantitative estimate of drug-likeness (QED) is 0.814. The zero-order valence-electron chi connectivity index (χ0n) is 15.6. The number of piperidine rings is 1. The first-order valence-electron chi connectivity index (χ1n) is 9.67. The second-order valence-electron chi connectivity index (χ2n) is 7.37. The van der Waals surface area contributed by atoms with Crippen LogP contribution in [0.15, 0.2) is 24.3 Å². The van der Waals surface area contributed by atoms with E-state index in [9.17, 15) is 9.59 Å². The van der Waals surface area contributed by atoms with Gasteiger partial charge in [-0.15, -0.1) is 0 Å². The Hall–Kier alpha value is -1.92. The van der Waals surface area contributed by atoms with Crippen LogP contribution >= 0.6 is 0 Å². The molecule has 0 saturated carbocycles. The molecule has 3 N–H and O–H groups in total. The molecule has 2 unspecified atom stereocenters. The number of nitrogens with zero attached hydrogens (tertiary/aromatic N) is 2. The van der Waals surface area contributed by atoms with Gasteiger partial charge in [-0.05, 0) is 37.3 Å². The van der Waals surface area contributed by atoms with Gasteiger partial charge in [0.25, 0.3) is 0 Å². The van der Waals surface area contributed by atoms with E-state index in [0.29, 0.717) is 19.6 Å². The molecule has 0 aliphatic carbocycles. The van der Waals surface area contributed by atoms with E-state index < -0.39 is 0 Å². The number of fused-ring (bicyclic) bond motifs is 1. The van der Waals surface area contributed by atoms with Crippen LogP contribution < -0.4 is 11.1 Å². The maximum atomic E-state index is 13.0. The molecule has 2 aliphatic rings. The molecule has 6 heteroatoms. The molecule has 1 aromatic carbocycles. The largest absolute Gasteiger partial charge is 0.355 e. The third-order valence-electron chi connectivity index (χ3n) is 5.61. The van der Waals surface area contributed by atoms with Crippen LogP contribution in [0.3, 0.4) is 0 Å². The van der Waals surface area contributed by atoms with Gasteiger partial charge in [-0.1, -0.05) is 24.3 Å². The van der Waals surface area contributed by atoms with Gasteiger partial charge in [-0.25, -0.2) is 0 Å². The maximum Gasteiger partial charge on any atom is 0.239 e. The van der Waals surface area contributed by atoms with Gasteiger partial charge < -0.3 is 16.0 Å². The lowest BCUT2D eigenvalue weighted by molar-refractivity contribution is -0.140. The summed E-state index contributed by atoms with van der Waals surface area (Å²) < 4.78 is 0. The Morgan fingerprint density at radius 1 is 1.27 bits per heavy atom. The highest BCUT2D eigenvalue weighted by atomic mass is 16.2. The van der Waals surface area contributed by atoms with Crippen molar-refractivity contribution >= 4 is 11.8 Å². The molecule has 1 aromatic rings. The van der Waals surface area contributed by atoms with Gasteiger partial charge in [0.15, 0.2) is 0 Å². The van der Waals surface area contributed by atoms with E-state index in [1.54, 1.807) is 0 Å². The van der Waals surface area contributed by atoms with Crippen LogP contribution in [0, 0.1) is 5.92 Å². The van der Waals surface area contributed by atoms with Gasteiger partial charge in [0, 0.05) is 39.3 Å². The zero-order valence-corrected chi connectivity index (χ0v) is 15.6. The highest BCUT2D eigenvalue weighted by molar-refractivity contribution is 5.84. The van der Waals surface area contributed by atoms with Gasteiger partial charge in [-0.3, -0.25) is 14.5 Å². The van der Waals surface area contributed by atoms with Crippen molar-refractivity contribution in [1.82, 2.24) is 15.1 Å². The minimum absolute atomic E-state index is 0.0208. The number of likely N-dealkylation sites (tertiary alicyclic amines) is 1. The summed E-state index contributed by atoms with van der Waals surface area (Å²) in [5.74, 6) is 0.0433. The number of nitrogens with one attached hydrogen (secondary N) is 1. The molecule has 0 bridgehead atoms. The minimum Gasteiger partial charge on any atom is -0.355 e. The zero-order chi connectivity index (χ0) is 18.5. The molecular weight excluding hydrogens is 328 g/mol. The summed E-state index contributed by atoms with van der Waals surface area (Å²) >= 11 is 0. The predicted molar refractivity (Wildman–Crippen MR) is 101 cm³/mol. The van der Waals surface area contributed by atoms with Gasteiger partial charge in [-0.2, -0.15) is 0 Å². The van der Waals surface area contributed by atoms with Gasteiger partial charge >= 0.3 is 0 Å². The molecule has 1 saturated heterocycles. The number of nitrogens with two attached hydrogens (primary N) is 1. The Bertz CT molecular complexity index is 648. The van der Waals surface area contributed by atoms with Crippen molar-refractivity contribution in [2.45, 2.75) is 38.8 Å². The van der Waals surface area contributed by atoms with Crippen LogP contribution in [0.25, 0.3) is 0 Å². The summed E-state index contributed by atoms with van der Waals surface area (Å²) in [5, 5.41) is 2.85. The summed E-state index contributed by atoms with van der Waals surface area (Å²) in [6, 6.07) is 8.30. The van der Waals surface area contributed by atoms with Crippen LogP contribution in [0.4, 0.5) is 0 Å². The Kier molecular flexibility index (Phi) is 6.27. The average molecular weight is 358 g/mol. The molecule has 6 nitrogen and oxygen atoms in total. The van der Waals surface area contributed by atoms with Crippen molar-refractivity contribution in [3.63, 3.8) is 0 Å². The molecule has 2 heterocycles. The van der Waals surface area contributed by atoms with Crippen molar-refractivity contribution < 1.29 is 9.59 Å². The van der Waals surface area contributed by atoms with Crippen molar-refractivity contribution in [2.75, 3.05) is 32.7 Å². The summed E-state index contributed by atoms with van der Waals surface area (Å²) in [6.07, 6.45) is 2.70. The smallest absolute Gasteiger partial charge is 0.239 e. The SMILES string of the molecule is CC(C(=O)N1CCCC(C(=O)NCCN)C1)N1CCc2ccccc2C1. The predicted octanol–water partition coefficient (Wildman–Crippen LogP) is 0.747. The van der Waals surface area contributed by atoms with Crippen LogP contribution in [-0.4, -0.2) is 60.4 Å². The molecule has 1 fully saturated rings. The summed E-state index contributed by atoms with van der Waals surface area (Å²) in [6.45, 7) is 5.91. The minimum atomic E-state index is -0.158. The molecule has 3 rings (SSSR count). The fourth-order valence-electron chi connectivity index (χ4n) is 4.00. The lowest BCUT2D eigenvalue weighted by Gasteiger charge is -2.38. The normalized spacial score (nSPS) is 21.8. The topological polar surface area (TPSA) is 78.7 Å². The third-order valence-corrected chi connectivity index (χ3v) is 5.61. The van der Waals surface area contributed by atoms with E-state index in [-0.39, 0.29) is 23.8 Å². The van der Waals surface area contributed by atoms with E-state index in [1.807, 2.05) is 11.8 Å². The first-order valence-corrected chi connectivity index (χ1v) is 9.67. The van der Waals surface area contributed by atoms with Crippen LogP contribution in [-0.2, 0) is 22.6 Å². The van der Waals surface area contributed by atoms with Crippen LogP contribution in [0.5, 0.6) is 0 Å². The molecule has 0 spiro atoms. The van der Waals surface area contributed by atoms with E-state index in [2.05, 4.69) is 34.5 Å². The Balaban J connectivity index is 1.59. The highest BCUT2D eigenvalue weighted by Gasteiger charge is 2.33. The summed E-state index contributed by atoms with van der Waals surface area (Å²) in [5.41, 5.74) is 8.16. The van der Waals surface area contributed by atoms with Crippen LogP contribution in [0.2, 0.25) is 0 Å². The first kappa shape index (κ1) is 18.9. The molecule has 2 atom stereocenters. The van der Waals surface area contributed by atoms with E-state index in [1.165, 1.54) is 11.1 Å². The summed E-state index contributed by atoms with van der Waals surface area (Å²) in [7, 11) is 0. The number of benzene rings is 1. The molecule has 0 radical (unpaired) electrons. The molecule has 0 aromatic heterocycles. The molecule has 2 amide bonds. The fourth-order valence-corrected chi connectivity index (χ4v) is 4.00. The molecule has 2 aliphatic heterocycles. The number of hydrogen-bond acceptors (Lipinski definition) is 4. The standard InChI is InChI=1S/C20H30N4O2/c1-15(23-12-8-16-5-2-3-6-17(16)13-23)20(26)24-11-4-7-18(14-24)19(25)22-10-9-21/h2-3,5-6,15,18H,4,7-14,21H2,1H3,(H,22,25). The van der Waals surface area contributed by atoms with Crippen molar-refractivity contribution in [1.29, 1.82) is 0 Å². The number of amides is 2. The van der Waals surface area contributed by atoms with E-state index in [0.717, 1.165) is 38.9 Å².